The number of amides is 1. The predicted octanol–water partition coefficient (Wildman–Crippen LogP) is 2.29. The molecule has 1 atom stereocenters. The summed E-state index contributed by atoms with van der Waals surface area (Å²) < 4.78 is 10.9. The molecule has 25 heavy (non-hydrogen) atoms. The number of methoxy groups -OCH3 is 1. The summed E-state index contributed by atoms with van der Waals surface area (Å²) in [6.07, 6.45) is 9.46. The molecule has 3 aliphatic heterocycles. The Morgan fingerprint density at radius 1 is 1.08 bits per heavy atom. The van der Waals surface area contributed by atoms with Crippen molar-refractivity contribution < 1.29 is 14.3 Å². The van der Waals surface area contributed by atoms with Crippen LogP contribution < -0.4 is 0 Å². The molecule has 142 valence electrons. The molecular weight excluding hydrogens is 316 g/mol. The van der Waals surface area contributed by atoms with Gasteiger partial charge in [0.2, 0.25) is 5.91 Å². The van der Waals surface area contributed by atoms with Crippen molar-refractivity contribution in [3.05, 3.63) is 0 Å². The van der Waals surface area contributed by atoms with Gasteiger partial charge >= 0.3 is 0 Å². The molecule has 5 nitrogen and oxygen atoms in total. The molecule has 1 spiro atoms. The topological polar surface area (TPSA) is 42.0 Å². The average Bonchev–Trinajstić information content (AvgIpc) is 3.43. The summed E-state index contributed by atoms with van der Waals surface area (Å²) in [5, 5.41) is 0. The number of carbonyl (C=O) groups is 1. The fourth-order valence-electron chi connectivity index (χ4n) is 5.29. The highest BCUT2D eigenvalue weighted by Gasteiger charge is 2.49. The van der Waals surface area contributed by atoms with E-state index in [-0.39, 0.29) is 5.92 Å². The third kappa shape index (κ3) is 3.74. The van der Waals surface area contributed by atoms with Crippen LogP contribution in [0.15, 0.2) is 0 Å². The van der Waals surface area contributed by atoms with Crippen molar-refractivity contribution in [3.63, 3.8) is 0 Å². The Balaban J connectivity index is 1.37. The molecule has 3 heterocycles. The number of likely N-dealkylation sites (tertiary alicyclic amines) is 2. The van der Waals surface area contributed by atoms with Crippen LogP contribution in [0.1, 0.15) is 51.4 Å². The monoisotopic (exact) mass is 350 g/mol. The second kappa shape index (κ2) is 7.53. The Hall–Kier alpha value is -0.650. The summed E-state index contributed by atoms with van der Waals surface area (Å²) in [4.78, 5) is 17.8. The van der Waals surface area contributed by atoms with Gasteiger partial charge in [-0.2, -0.15) is 0 Å². The van der Waals surface area contributed by atoms with Crippen LogP contribution in [-0.4, -0.2) is 73.9 Å². The molecule has 0 radical (unpaired) electrons. The molecule has 0 bridgehead atoms. The number of rotatable bonds is 5. The number of ether oxygens (including phenoxy) is 2. The van der Waals surface area contributed by atoms with Crippen LogP contribution in [0.2, 0.25) is 0 Å². The van der Waals surface area contributed by atoms with Crippen molar-refractivity contribution in [1.82, 2.24) is 9.80 Å². The van der Waals surface area contributed by atoms with Gasteiger partial charge in [0.05, 0.1) is 6.61 Å². The van der Waals surface area contributed by atoms with Gasteiger partial charge in [0.1, 0.15) is 0 Å². The maximum atomic E-state index is 12.8. The number of nitrogens with zero attached hydrogens (tertiary/aromatic N) is 2. The number of hydrogen-bond acceptors (Lipinski definition) is 4. The summed E-state index contributed by atoms with van der Waals surface area (Å²) in [5.74, 6) is 1.50. The van der Waals surface area contributed by atoms with Crippen molar-refractivity contribution in [2.24, 2.45) is 11.8 Å². The van der Waals surface area contributed by atoms with Gasteiger partial charge in [-0.05, 0) is 57.3 Å². The minimum Gasteiger partial charge on any atom is -0.383 e. The summed E-state index contributed by atoms with van der Waals surface area (Å²) in [6.45, 7) is 5.50. The smallest absolute Gasteiger partial charge is 0.225 e. The second-order valence-corrected chi connectivity index (χ2v) is 8.68. The van der Waals surface area contributed by atoms with E-state index in [1.165, 1.54) is 32.2 Å². The molecule has 1 saturated carbocycles. The number of hydrogen-bond donors (Lipinski definition) is 0. The first-order chi connectivity index (χ1) is 12.2. The van der Waals surface area contributed by atoms with E-state index in [0.717, 1.165) is 64.5 Å². The highest BCUT2D eigenvalue weighted by molar-refractivity contribution is 5.79. The van der Waals surface area contributed by atoms with E-state index in [0.29, 0.717) is 17.5 Å². The highest BCUT2D eigenvalue weighted by Crippen LogP contribution is 2.44. The SMILES string of the molecule is COCC1CCC2(CCN(C(=O)C3CCOCC3)CC2)N1CC1CC1. The molecule has 4 aliphatic rings. The first kappa shape index (κ1) is 17.7. The molecule has 0 aromatic rings. The summed E-state index contributed by atoms with van der Waals surface area (Å²) in [6, 6.07) is 0.586. The standard InChI is InChI=1S/C20H34N2O3/c1-24-15-18-4-7-20(22(18)14-16-2-3-16)8-10-21(11-9-20)19(23)17-5-12-25-13-6-17/h16-18H,2-15H2,1H3. The molecule has 1 amide bonds. The van der Waals surface area contributed by atoms with E-state index in [1.54, 1.807) is 0 Å². The van der Waals surface area contributed by atoms with Gasteiger partial charge in [0, 0.05) is 57.5 Å². The molecule has 5 heteroatoms. The van der Waals surface area contributed by atoms with Crippen LogP contribution in [0.5, 0.6) is 0 Å². The minimum atomic E-state index is 0.204. The Labute approximate surface area is 152 Å². The summed E-state index contributed by atoms with van der Waals surface area (Å²) >= 11 is 0. The lowest BCUT2D eigenvalue weighted by atomic mass is 9.84. The van der Waals surface area contributed by atoms with Crippen LogP contribution in [0.25, 0.3) is 0 Å². The maximum absolute atomic E-state index is 12.8. The zero-order valence-electron chi connectivity index (χ0n) is 15.8. The largest absolute Gasteiger partial charge is 0.383 e. The lowest BCUT2D eigenvalue weighted by molar-refractivity contribution is -0.141. The molecule has 0 aromatic carbocycles. The summed E-state index contributed by atoms with van der Waals surface area (Å²) in [7, 11) is 1.83. The predicted molar refractivity (Wildman–Crippen MR) is 96.4 cm³/mol. The Bertz CT molecular complexity index is 466. The Morgan fingerprint density at radius 3 is 2.44 bits per heavy atom. The van der Waals surface area contributed by atoms with Gasteiger partial charge in [-0.25, -0.2) is 0 Å². The summed E-state index contributed by atoms with van der Waals surface area (Å²) in [5.41, 5.74) is 0.332. The van der Waals surface area contributed by atoms with Gasteiger partial charge < -0.3 is 14.4 Å². The first-order valence-electron chi connectivity index (χ1n) is 10.3. The van der Waals surface area contributed by atoms with Crippen LogP contribution >= 0.6 is 0 Å². The van der Waals surface area contributed by atoms with Crippen molar-refractivity contribution in [2.75, 3.05) is 46.6 Å². The third-order valence-corrected chi connectivity index (χ3v) is 7.08. The van der Waals surface area contributed by atoms with Crippen molar-refractivity contribution in [2.45, 2.75) is 62.9 Å². The van der Waals surface area contributed by atoms with Gasteiger partial charge in [0.15, 0.2) is 0 Å². The second-order valence-electron chi connectivity index (χ2n) is 8.68. The third-order valence-electron chi connectivity index (χ3n) is 7.08. The fraction of sp³-hybridized carbons (Fsp3) is 0.950. The Kier molecular flexibility index (Phi) is 5.35. The quantitative estimate of drug-likeness (QED) is 0.763. The van der Waals surface area contributed by atoms with Crippen molar-refractivity contribution in [1.29, 1.82) is 0 Å². The zero-order valence-corrected chi connectivity index (χ0v) is 15.8. The molecular formula is C20H34N2O3. The van der Waals surface area contributed by atoms with Crippen LogP contribution in [0.4, 0.5) is 0 Å². The van der Waals surface area contributed by atoms with E-state index in [4.69, 9.17) is 9.47 Å². The Morgan fingerprint density at radius 2 is 1.80 bits per heavy atom. The van der Waals surface area contributed by atoms with E-state index in [2.05, 4.69) is 9.80 Å². The van der Waals surface area contributed by atoms with Crippen molar-refractivity contribution in [3.8, 4) is 0 Å². The van der Waals surface area contributed by atoms with Crippen LogP contribution in [-0.2, 0) is 14.3 Å². The van der Waals surface area contributed by atoms with Gasteiger partial charge in [-0.15, -0.1) is 0 Å². The maximum Gasteiger partial charge on any atom is 0.225 e. The molecule has 4 fully saturated rings. The normalized spacial score (nSPS) is 30.9. The van der Waals surface area contributed by atoms with Crippen LogP contribution in [0, 0.1) is 11.8 Å². The molecule has 0 N–H and O–H groups in total. The first-order valence-corrected chi connectivity index (χ1v) is 10.3. The average molecular weight is 351 g/mol. The van der Waals surface area contributed by atoms with E-state index >= 15 is 0 Å². The molecule has 0 aromatic heterocycles. The lowest BCUT2D eigenvalue weighted by Gasteiger charge is -2.47. The van der Waals surface area contributed by atoms with Gasteiger partial charge in [-0.1, -0.05) is 0 Å². The molecule has 1 unspecified atom stereocenters. The fourth-order valence-corrected chi connectivity index (χ4v) is 5.29. The number of piperidine rings is 1. The lowest BCUT2D eigenvalue weighted by Crippen LogP contribution is -2.56. The molecule has 4 rings (SSSR count). The van der Waals surface area contributed by atoms with Crippen LogP contribution in [0.3, 0.4) is 0 Å². The van der Waals surface area contributed by atoms with E-state index in [1.807, 2.05) is 7.11 Å². The zero-order chi connectivity index (χ0) is 17.3. The molecule has 3 saturated heterocycles. The van der Waals surface area contributed by atoms with E-state index < -0.39 is 0 Å². The molecule has 1 aliphatic carbocycles. The van der Waals surface area contributed by atoms with E-state index in [9.17, 15) is 4.79 Å². The minimum absolute atomic E-state index is 0.204. The number of carbonyl (C=O) groups excluding carboxylic acids is 1. The van der Waals surface area contributed by atoms with Crippen molar-refractivity contribution >= 4 is 5.91 Å². The highest BCUT2D eigenvalue weighted by atomic mass is 16.5. The van der Waals surface area contributed by atoms with Gasteiger partial charge in [-0.3, -0.25) is 9.69 Å². The van der Waals surface area contributed by atoms with Gasteiger partial charge in [0.25, 0.3) is 0 Å².